The van der Waals surface area contributed by atoms with E-state index in [4.69, 9.17) is 0 Å². The summed E-state index contributed by atoms with van der Waals surface area (Å²) in [6.45, 7) is 4.12. The number of hydrogen-bond acceptors (Lipinski definition) is 3. The average molecular weight is 192 g/mol. The van der Waals surface area contributed by atoms with Crippen molar-refractivity contribution in [1.82, 2.24) is 9.97 Å². The van der Waals surface area contributed by atoms with Crippen LogP contribution in [0.25, 0.3) is 0 Å². The van der Waals surface area contributed by atoms with Gasteiger partial charge in [-0.25, -0.2) is 9.97 Å². The van der Waals surface area contributed by atoms with Crippen LogP contribution in [-0.4, -0.2) is 16.2 Å². The molecule has 68 valence electrons. The summed E-state index contributed by atoms with van der Waals surface area (Å²) in [6, 6.07) is 0. The predicted molar refractivity (Wildman–Crippen MR) is 55.5 cm³/mol. The summed E-state index contributed by atoms with van der Waals surface area (Å²) in [7, 11) is 0. The van der Waals surface area contributed by atoms with Crippen LogP contribution < -0.4 is 0 Å². The van der Waals surface area contributed by atoms with Gasteiger partial charge < -0.3 is 0 Å². The Hall–Kier alpha value is -1.01. The van der Waals surface area contributed by atoms with E-state index in [-0.39, 0.29) is 0 Å². The molecule has 1 aromatic heterocycles. The van der Waals surface area contributed by atoms with E-state index in [0.717, 1.165) is 10.7 Å². The van der Waals surface area contributed by atoms with Crippen molar-refractivity contribution in [2.24, 2.45) is 5.92 Å². The first-order valence-corrected chi connectivity index (χ1v) is 5.32. The molecule has 0 unspecified atom stereocenters. The SMILES string of the molecule is CSc1ncc(C#CC(C)C)cn1. The second kappa shape index (κ2) is 4.88. The van der Waals surface area contributed by atoms with E-state index in [0.29, 0.717) is 5.92 Å². The van der Waals surface area contributed by atoms with Crippen molar-refractivity contribution in [3.8, 4) is 11.8 Å². The molecule has 0 aromatic carbocycles. The minimum absolute atomic E-state index is 0.389. The molecule has 0 atom stereocenters. The van der Waals surface area contributed by atoms with Gasteiger partial charge in [0.2, 0.25) is 0 Å². The molecule has 0 aliphatic rings. The summed E-state index contributed by atoms with van der Waals surface area (Å²) < 4.78 is 0. The Kier molecular flexibility index (Phi) is 3.78. The Morgan fingerprint density at radius 1 is 1.31 bits per heavy atom. The first-order chi connectivity index (χ1) is 6.22. The van der Waals surface area contributed by atoms with E-state index in [1.54, 1.807) is 12.4 Å². The van der Waals surface area contributed by atoms with Gasteiger partial charge >= 0.3 is 0 Å². The Morgan fingerprint density at radius 2 is 1.92 bits per heavy atom. The van der Waals surface area contributed by atoms with Gasteiger partial charge in [0, 0.05) is 18.3 Å². The molecule has 0 radical (unpaired) electrons. The van der Waals surface area contributed by atoms with Crippen molar-refractivity contribution in [1.29, 1.82) is 0 Å². The van der Waals surface area contributed by atoms with Gasteiger partial charge in [-0.05, 0) is 6.26 Å². The molecule has 0 bridgehead atoms. The molecule has 0 amide bonds. The van der Waals surface area contributed by atoms with Gasteiger partial charge in [0.15, 0.2) is 5.16 Å². The van der Waals surface area contributed by atoms with Gasteiger partial charge in [0.25, 0.3) is 0 Å². The molecule has 0 spiro atoms. The van der Waals surface area contributed by atoms with Crippen molar-refractivity contribution >= 4 is 11.8 Å². The number of aromatic nitrogens is 2. The molecule has 1 aromatic rings. The molecule has 13 heavy (non-hydrogen) atoms. The van der Waals surface area contributed by atoms with Crippen molar-refractivity contribution < 1.29 is 0 Å². The van der Waals surface area contributed by atoms with E-state index in [1.807, 2.05) is 6.26 Å². The van der Waals surface area contributed by atoms with E-state index < -0.39 is 0 Å². The molecule has 2 nitrogen and oxygen atoms in total. The van der Waals surface area contributed by atoms with Crippen LogP contribution in [0.15, 0.2) is 17.6 Å². The van der Waals surface area contributed by atoms with Crippen molar-refractivity contribution in [3.63, 3.8) is 0 Å². The lowest BCUT2D eigenvalue weighted by Crippen LogP contribution is -1.87. The van der Waals surface area contributed by atoms with Crippen LogP contribution in [0.3, 0.4) is 0 Å². The molecule has 0 saturated carbocycles. The van der Waals surface area contributed by atoms with Gasteiger partial charge in [0.05, 0.1) is 5.56 Å². The van der Waals surface area contributed by atoms with Gasteiger partial charge in [-0.15, -0.1) is 0 Å². The summed E-state index contributed by atoms with van der Waals surface area (Å²) >= 11 is 1.53. The average Bonchev–Trinajstić information content (AvgIpc) is 2.15. The lowest BCUT2D eigenvalue weighted by molar-refractivity contribution is 0.866. The van der Waals surface area contributed by atoms with E-state index in [1.165, 1.54) is 11.8 Å². The molecular weight excluding hydrogens is 180 g/mol. The molecule has 1 rings (SSSR count). The van der Waals surface area contributed by atoms with Crippen LogP contribution in [0.1, 0.15) is 19.4 Å². The van der Waals surface area contributed by atoms with Gasteiger partial charge in [-0.1, -0.05) is 37.5 Å². The van der Waals surface area contributed by atoms with E-state index in [2.05, 4.69) is 35.7 Å². The summed E-state index contributed by atoms with van der Waals surface area (Å²) in [4.78, 5) is 8.25. The standard InChI is InChI=1S/C10H12N2S/c1-8(2)4-5-9-6-11-10(13-3)12-7-9/h6-8H,1-3H3. The summed E-state index contributed by atoms with van der Waals surface area (Å²) in [5, 5.41) is 0.787. The lowest BCUT2D eigenvalue weighted by Gasteiger charge is -1.93. The van der Waals surface area contributed by atoms with Crippen molar-refractivity contribution in [2.45, 2.75) is 19.0 Å². The topological polar surface area (TPSA) is 25.8 Å². The zero-order valence-electron chi connectivity index (χ0n) is 8.03. The van der Waals surface area contributed by atoms with Crippen LogP contribution in [-0.2, 0) is 0 Å². The molecule has 3 heteroatoms. The maximum atomic E-state index is 4.12. The lowest BCUT2D eigenvalue weighted by atomic mass is 10.2. The molecule has 0 N–H and O–H groups in total. The fourth-order valence-electron chi connectivity index (χ4n) is 0.714. The van der Waals surface area contributed by atoms with E-state index in [9.17, 15) is 0 Å². The first-order valence-electron chi connectivity index (χ1n) is 4.10. The van der Waals surface area contributed by atoms with E-state index >= 15 is 0 Å². The largest absolute Gasteiger partial charge is 0.230 e. The fourth-order valence-corrected chi connectivity index (χ4v) is 1.03. The number of thioether (sulfide) groups is 1. The maximum Gasteiger partial charge on any atom is 0.187 e. The zero-order chi connectivity index (χ0) is 9.68. The second-order valence-corrected chi connectivity index (χ2v) is 3.66. The summed E-state index contributed by atoms with van der Waals surface area (Å²) in [6.07, 6.45) is 5.47. The normalized spacial score (nSPS) is 9.54. The molecule has 0 aliphatic carbocycles. The third-order valence-corrected chi connectivity index (χ3v) is 1.89. The monoisotopic (exact) mass is 192 g/mol. The molecular formula is C10H12N2S. The second-order valence-electron chi connectivity index (χ2n) is 2.88. The summed E-state index contributed by atoms with van der Waals surface area (Å²) in [5.74, 6) is 6.46. The highest BCUT2D eigenvalue weighted by Gasteiger charge is 1.92. The number of rotatable bonds is 1. The highest BCUT2D eigenvalue weighted by Crippen LogP contribution is 2.06. The fraction of sp³-hybridized carbons (Fsp3) is 0.400. The Balaban J connectivity index is 2.77. The minimum atomic E-state index is 0.389. The third-order valence-electron chi connectivity index (χ3n) is 1.32. The highest BCUT2D eigenvalue weighted by molar-refractivity contribution is 7.98. The number of hydrogen-bond donors (Lipinski definition) is 0. The maximum absolute atomic E-state index is 4.12. The molecule has 0 aliphatic heterocycles. The smallest absolute Gasteiger partial charge is 0.187 e. The molecule has 0 saturated heterocycles. The van der Waals surface area contributed by atoms with Gasteiger partial charge in [-0.2, -0.15) is 0 Å². The van der Waals surface area contributed by atoms with Crippen LogP contribution in [0.5, 0.6) is 0 Å². The summed E-state index contributed by atoms with van der Waals surface area (Å²) in [5.41, 5.74) is 0.881. The Labute approximate surface area is 83.2 Å². The van der Waals surface area contributed by atoms with Gasteiger partial charge in [-0.3, -0.25) is 0 Å². The van der Waals surface area contributed by atoms with Crippen LogP contribution >= 0.6 is 11.8 Å². The minimum Gasteiger partial charge on any atom is -0.230 e. The van der Waals surface area contributed by atoms with Crippen LogP contribution in [0, 0.1) is 17.8 Å². The van der Waals surface area contributed by atoms with Crippen molar-refractivity contribution in [3.05, 3.63) is 18.0 Å². The first kappa shape index (κ1) is 10.1. The Bertz CT molecular complexity index is 319. The van der Waals surface area contributed by atoms with Crippen LogP contribution in [0.4, 0.5) is 0 Å². The molecule has 1 heterocycles. The van der Waals surface area contributed by atoms with Gasteiger partial charge in [0.1, 0.15) is 0 Å². The third kappa shape index (κ3) is 3.47. The zero-order valence-corrected chi connectivity index (χ0v) is 8.85. The highest BCUT2D eigenvalue weighted by atomic mass is 32.2. The van der Waals surface area contributed by atoms with Crippen molar-refractivity contribution in [2.75, 3.05) is 6.26 Å². The van der Waals surface area contributed by atoms with Crippen LogP contribution in [0.2, 0.25) is 0 Å². The predicted octanol–water partition coefficient (Wildman–Crippen LogP) is 2.21. The Morgan fingerprint density at radius 3 is 2.38 bits per heavy atom. The molecule has 0 fully saturated rings. The quantitative estimate of drug-likeness (QED) is 0.387. The number of nitrogens with zero attached hydrogens (tertiary/aromatic N) is 2.